The molecule has 0 amide bonds. The number of fused-ring (bicyclic) bond motifs is 4. The fourth-order valence-electron chi connectivity index (χ4n) is 7.96. The van der Waals surface area contributed by atoms with Crippen LogP contribution in [0.15, 0.2) is 199 Å². The van der Waals surface area contributed by atoms with Gasteiger partial charge in [0.25, 0.3) is 0 Å². The Morgan fingerprint density at radius 1 is 0.625 bits per heavy atom. The van der Waals surface area contributed by atoms with E-state index in [0.29, 0.717) is 28.1 Å². The van der Waals surface area contributed by atoms with E-state index in [1.165, 1.54) is 5.19 Å². The Hall–Kier alpha value is -7.02. The number of rotatable bonds is 7. The van der Waals surface area contributed by atoms with E-state index in [1.807, 2.05) is 128 Å². The summed E-state index contributed by atoms with van der Waals surface area (Å²) in [5.41, 5.74) is 13.7. The largest absolute Gasteiger partial charge is 0.499 e. The monoisotopic (exact) mass is 1020 g/mol. The SMILES string of the molecule is C[Si](C)(C)c1ccc(-c2[c-]cccc2)nc1.[2H]C([2H])([2H])c1ccc(-c2c[c-]c(-c3nc4ccccc4n3-c3ccc(-c4ccccc4)cc3)c3oc4cc(-c5ccccc5)cnc4c23)cc1.[Ir]. The maximum absolute atomic E-state index is 7.86. The Kier molecular flexibility index (Phi) is 10.9. The zero-order chi connectivity index (χ0) is 45.4. The maximum Gasteiger partial charge on any atom is 0.140 e. The van der Waals surface area contributed by atoms with Crippen LogP contribution in [0.4, 0.5) is 0 Å². The van der Waals surface area contributed by atoms with Crippen LogP contribution in [0.5, 0.6) is 0 Å². The molecule has 11 rings (SSSR count). The van der Waals surface area contributed by atoms with Crippen molar-refractivity contribution in [2.75, 3.05) is 0 Å². The smallest absolute Gasteiger partial charge is 0.140 e. The molecule has 0 unspecified atom stereocenters. The Morgan fingerprint density at radius 3 is 1.97 bits per heavy atom. The van der Waals surface area contributed by atoms with Crippen LogP contribution in [-0.4, -0.2) is 27.6 Å². The summed E-state index contributed by atoms with van der Waals surface area (Å²) in [5.74, 6) is 0.690. The van der Waals surface area contributed by atoms with Crippen molar-refractivity contribution >= 4 is 46.4 Å². The summed E-state index contributed by atoms with van der Waals surface area (Å²) in [6.07, 6.45) is 3.89. The maximum atomic E-state index is 7.86. The number of benzene rings is 7. The van der Waals surface area contributed by atoms with Crippen LogP contribution in [0.2, 0.25) is 19.6 Å². The number of hydrogen-bond acceptors (Lipinski definition) is 4. The average molecular weight is 1020 g/mol. The molecule has 7 heteroatoms. The number of para-hydroxylation sites is 2. The van der Waals surface area contributed by atoms with Gasteiger partial charge in [-0.05, 0) is 70.1 Å². The van der Waals surface area contributed by atoms with Crippen molar-refractivity contribution in [1.82, 2.24) is 19.5 Å². The predicted octanol–water partition coefficient (Wildman–Crippen LogP) is 14.2. The summed E-state index contributed by atoms with van der Waals surface area (Å²) in [5, 5.41) is 2.21. The predicted molar refractivity (Wildman–Crippen MR) is 263 cm³/mol. The van der Waals surface area contributed by atoms with Gasteiger partial charge in [-0.2, -0.15) is 0 Å². The molecule has 0 N–H and O–H groups in total. The molecule has 7 aromatic carbocycles. The second-order valence-electron chi connectivity index (χ2n) is 16.5. The minimum Gasteiger partial charge on any atom is -0.499 e. The third kappa shape index (κ3) is 8.41. The topological polar surface area (TPSA) is 56.7 Å². The van der Waals surface area contributed by atoms with Gasteiger partial charge in [-0.3, -0.25) is 9.97 Å². The van der Waals surface area contributed by atoms with Crippen LogP contribution in [0.1, 0.15) is 9.68 Å². The zero-order valence-electron chi connectivity index (χ0n) is 38.5. The molecule has 0 saturated heterocycles. The Morgan fingerprint density at radius 2 is 1.30 bits per heavy atom. The van der Waals surface area contributed by atoms with E-state index in [2.05, 4.69) is 95.9 Å². The van der Waals surface area contributed by atoms with Crippen molar-refractivity contribution in [3.63, 3.8) is 0 Å². The van der Waals surface area contributed by atoms with Crippen molar-refractivity contribution in [1.29, 1.82) is 0 Å². The van der Waals surface area contributed by atoms with Crippen LogP contribution < -0.4 is 5.19 Å². The normalized spacial score (nSPS) is 12.2. The van der Waals surface area contributed by atoms with Crippen molar-refractivity contribution in [3.05, 3.63) is 212 Å². The molecule has 0 saturated carbocycles. The molecular formula is C57H44IrN4OSi-2. The Labute approximate surface area is 392 Å². The molecular weight excluding hydrogens is 977 g/mol. The first-order valence-corrected chi connectivity index (χ1v) is 24.5. The molecule has 0 aliphatic heterocycles. The fourth-order valence-corrected chi connectivity index (χ4v) is 8.99. The van der Waals surface area contributed by atoms with Crippen LogP contribution in [-0.2, 0) is 20.1 Å². The summed E-state index contributed by atoms with van der Waals surface area (Å²) in [4.78, 5) is 14.6. The van der Waals surface area contributed by atoms with Gasteiger partial charge in [0.05, 0.1) is 36.0 Å². The van der Waals surface area contributed by atoms with Gasteiger partial charge < -0.3 is 14.0 Å². The van der Waals surface area contributed by atoms with Crippen molar-refractivity contribution in [2.45, 2.75) is 26.5 Å². The van der Waals surface area contributed by atoms with Crippen molar-refractivity contribution in [2.24, 2.45) is 0 Å². The number of imidazole rings is 1. The van der Waals surface area contributed by atoms with Crippen LogP contribution in [0.3, 0.4) is 0 Å². The van der Waals surface area contributed by atoms with Crippen LogP contribution in [0, 0.1) is 19.0 Å². The van der Waals surface area contributed by atoms with Gasteiger partial charge in [0.15, 0.2) is 0 Å². The second-order valence-corrected chi connectivity index (χ2v) is 21.6. The van der Waals surface area contributed by atoms with Crippen LogP contribution in [0.25, 0.3) is 94.8 Å². The summed E-state index contributed by atoms with van der Waals surface area (Å²) in [6.45, 7) is 4.80. The summed E-state index contributed by atoms with van der Waals surface area (Å²) in [7, 11) is -1.23. The Balaban J connectivity index is 0.000000281. The van der Waals surface area contributed by atoms with Crippen molar-refractivity contribution < 1.29 is 28.6 Å². The van der Waals surface area contributed by atoms with E-state index in [4.69, 9.17) is 18.5 Å². The third-order valence-electron chi connectivity index (χ3n) is 11.3. The summed E-state index contributed by atoms with van der Waals surface area (Å²) >= 11 is 0. The van der Waals surface area contributed by atoms with Gasteiger partial charge in [0.2, 0.25) is 0 Å². The number of hydrogen-bond donors (Lipinski definition) is 0. The van der Waals surface area contributed by atoms with Gasteiger partial charge >= 0.3 is 0 Å². The van der Waals surface area contributed by atoms with Gasteiger partial charge in [-0.1, -0.05) is 163 Å². The summed E-state index contributed by atoms with van der Waals surface area (Å²) < 4.78 is 32.5. The molecule has 0 fully saturated rings. The molecule has 0 aliphatic carbocycles. The molecule has 313 valence electrons. The van der Waals surface area contributed by atoms with E-state index in [9.17, 15) is 0 Å². The van der Waals surface area contributed by atoms with E-state index in [0.717, 1.165) is 66.7 Å². The van der Waals surface area contributed by atoms with E-state index >= 15 is 0 Å². The number of pyridine rings is 2. The summed E-state index contributed by atoms with van der Waals surface area (Å²) in [6, 6.07) is 66.9. The quantitative estimate of drug-likeness (QED) is 0.118. The van der Waals surface area contributed by atoms with Crippen molar-refractivity contribution in [3.8, 4) is 61.7 Å². The van der Waals surface area contributed by atoms with Gasteiger partial charge in [-0.15, -0.1) is 48.0 Å². The molecule has 11 aromatic rings. The average Bonchev–Trinajstić information content (AvgIpc) is 3.94. The number of aromatic nitrogens is 4. The van der Waals surface area contributed by atoms with E-state index < -0.39 is 14.9 Å². The molecule has 64 heavy (non-hydrogen) atoms. The number of furan rings is 1. The first-order chi connectivity index (χ1) is 32.0. The fraction of sp³-hybridized carbons (Fsp3) is 0.0702. The molecule has 0 atom stereocenters. The van der Waals surface area contributed by atoms with Gasteiger partial charge in [0.1, 0.15) is 5.58 Å². The zero-order valence-corrected chi connectivity index (χ0v) is 38.9. The first kappa shape index (κ1) is 38.6. The minimum atomic E-state index is -2.19. The number of aryl methyl sites for hydroxylation is 1. The van der Waals surface area contributed by atoms with Crippen LogP contribution >= 0.6 is 0 Å². The first-order valence-electron chi connectivity index (χ1n) is 22.5. The van der Waals surface area contributed by atoms with Gasteiger partial charge in [0, 0.05) is 47.9 Å². The molecule has 1 radical (unpaired) electrons. The van der Waals surface area contributed by atoms with E-state index in [1.54, 1.807) is 12.1 Å². The third-order valence-corrected chi connectivity index (χ3v) is 13.3. The molecule has 0 bridgehead atoms. The second kappa shape index (κ2) is 18.0. The van der Waals surface area contributed by atoms with Gasteiger partial charge in [-0.25, -0.2) is 0 Å². The molecule has 0 aliphatic rings. The number of nitrogens with zero attached hydrogens (tertiary/aromatic N) is 4. The molecule has 0 spiro atoms. The standard InChI is InChI=1S/C43H28N3O.C14H16NSi.Ir/c1-28-16-18-32(19-17-28)35-24-25-36(42-40(35)41-39(47-42)26-33(27-44-41)30-12-6-3-7-13-30)43-45-37-14-8-9-15-38(37)46(43)34-22-20-31(21-23-34)29-10-4-2-5-11-29;1-16(2,3)13-9-10-14(15-11-13)12-7-5-4-6-8-12;/h2-24,26-27H,1H3;4-7,9-11H,1-3H3;/q2*-1;/i1D3;;. The molecule has 5 nitrogen and oxygen atoms in total. The molecule has 4 heterocycles. The Bertz CT molecular complexity index is 3460. The minimum absolute atomic E-state index is 0. The van der Waals surface area contributed by atoms with E-state index in [-0.39, 0.29) is 25.7 Å². The molecule has 4 aromatic heterocycles.